The fourth-order valence-electron chi connectivity index (χ4n) is 1.55. The molecule has 1 aromatic rings. The first-order valence-corrected chi connectivity index (χ1v) is 5.07. The molecule has 0 bridgehead atoms. The van der Waals surface area contributed by atoms with Crippen molar-refractivity contribution in [2.45, 2.75) is 33.4 Å². The van der Waals surface area contributed by atoms with Gasteiger partial charge in [-0.25, -0.2) is 4.98 Å². The zero-order valence-electron chi connectivity index (χ0n) is 9.45. The highest BCUT2D eigenvalue weighted by Gasteiger charge is 2.15. The fourth-order valence-corrected chi connectivity index (χ4v) is 1.55. The predicted molar refractivity (Wildman–Crippen MR) is 58.4 cm³/mol. The van der Waals surface area contributed by atoms with E-state index >= 15 is 0 Å². The van der Waals surface area contributed by atoms with Gasteiger partial charge in [0.2, 0.25) is 5.91 Å². The molecule has 5 heteroatoms. The quantitative estimate of drug-likeness (QED) is 0.716. The number of carbonyl (C=O) groups is 1. The van der Waals surface area contributed by atoms with Gasteiger partial charge in [-0.1, -0.05) is 6.92 Å². The van der Waals surface area contributed by atoms with E-state index in [4.69, 9.17) is 5.73 Å². The summed E-state index contributed by atoms with van der Waals surface area (Å²) >= 11 is 0. The standard InChI is InChI=1S/C10H18N4O/c1-4-12-9(10(11)15)6-14-5-7(2)13-8(14)3/h5,9,12H,4,6H2,1-3H3,(H2,11,15). The summed E-state index contributed by atoms with van der Waals surface area (Å²) in [5.74, 6) is 0.569. The summed E-state index contributed by atoms with van der Waals surface area (Å²) in [5.41, 5.74) is 6.24. The molecule has 1 heterocycles. The SMILES string of the molecule is CCNC(Cn1cc(C)nc1C)C(N)=O. The molecular weight excluding hydrogens is 192 g/mol. The smallest absolute Gasteiger partial charge is 0.236 e. The van der Waals surface area contributed by atoms with Crippen molar-refractivity contribution < 1.29 is 4.79 Å². The minimum atomic E-state index is -0.331. The molecule has 1 rings (SSSR count). The van der Waals surface area contributed by atoms with Gasteiger partial charge in [-0.3, -0.25) is 4.79 Å². The van der Waals surface area contributed by atoms with E-state index in [0.29, 0.717) is 6.54 Å². The normalized spacial score (nSPS) is 12.7. The number of amides is 1. The zero-order chi connectivity index (χ0) is 11.4. The molecule has 0 aliphatic carbocycles. The molecular formula is C10H18N4O. The first kappa shape index (κ1) is 11.7. The summed E-state index contributed by atoms with van der Waals surface area (Å²) < 4.78 is 1.94. The molecule has 1 amide bonds. The molecule has 1 atom stereocenters. The van der Waals surface area contributed by atoms with Crippen molar-refractivity contribution in [3.63, 3.8) is 0 Å². The highest BCUT2D eigenvalue weighted by atomic mass is 16.1. The van der Waals surface area contributed by atoms with Gasteiger partial charge in [-0.2, -0.15) is 0 Å². The van der Waals surface area contributed by atoms with Gasteiger partial charge < -0.3 is 15.6 Å². The Hall–Kier alpha value is -1.36. The number of aryl methyl sites for hydroxylation is 2. The summed E-state index contributed by atoms with van der Waals surface area (Å²) in [4.78, 5) is 15.4. The number of aromatic nitrogens is 2. The number of rotatable bonds is 5. The molecule has 1 unspecified atom stereocenters. The van der Waals surface area contributed by atoms with Crippen LogP contribution in [0.4, 0.5) is 0 Å². The lowest BCUT2D eigenvalue weighted by Gasteiger charge is -2.15. The lowest BCUT2D eigenvalue weighted by atomic mass is 10.2. The molecule has 0 fully saturated rings. The van der Waals surface area contributed by atoms with Crippen LogP contribution in [-0.2, 0) is 11.3 Å². The molecule has 0 aliphatic heterocycles. The van der Waals surface area contributed by atoms with Gasteiger partial charge in [0.1, 0.15) is 11.9 Å². The van der Waals surface area contributed by atoms with Crippen molar-refractivity contribution >= 4 is 5.91 Å². The monoisotopic (exact) mass is 210 g/mol. The van der Waals surface area contributed by atoms with E-state index in [0.717, 1.165) is 18.1 Å². The number of hydrogen-bond donors (Lipinski definition) is 2. The number of nitrogens with two attached hydrogens (primary N) is 1. The second-order valence-corrected chi connectivity index (χ2v) is 3.59. The summed E-state index contributed by atoms with van der Waals surface area (Å²) in [7, 11) is 0. The van der Waals surface area contributed by atoms with E-state index in [9.17, 15) is 4.79 Å². The molecule has 0 spiro atoms. The highest BCUT2D eigenvalue weighted by molar-refractivity contribution is 5.79. The van der Waals surface area contributed by atoms with Crippen LogP contribution in [0.25, 0.3) is 0 Å². The van der Waals surface area contributed by atoms with Crippen molar-refractivity contribution in [2.24, 2.45) is 5.73 Å². The van der Waals surface area contributed by atoms with Crippen LogP contribution in [-0.4, -0.2) is 28.0 Å². The van der Waals surface area contributed by atoms with E-state index < -0.39 is 0 Å². The van der Waals surface area contributed by atoms with Gasteiger partial charge in [0, 0.05) is 12.7 Å². The maximum Gasteiger partial charge on any atom is 0.236 e. The number of hydrogen-bond acceptors (Lipinski definition) is 3. The molecule has 0 aliphatic rings. The topological polar surface area (TPSA) is 72.9 Å². The lowest BCUT2D eigenvalue weighted by molar-refractivity contribution is -0.120. The summed E-state index contributed by atoms with van der Waals surface area (Å²) in [6.07, 6.45) is 1.92. The summed E-state index contributed by atoms with van der Waals surface area (Å²) in [5, 5.41) is 3.04. The number of imidazole rings is 1. The average Bonchev–Trinajstić information content (AvgIpc) is 2.44. The van der Waals surface area contributed by atoms with Crippen LogP contribution in [0.5, 0.6) is 0 Å². The minimum absolute atomic E-state index is 0.331. The van der Waals surface area contributed by atoms with Gasteiger partial charge >= 0.3 is 0 Å². The van der Waals surface area contributed by atoms with Crippen molar-refractivity contribution in [1.29, 1.82) is 0 Å². The molecule has 0 radical (unpaired) electrons. The molecule has 15 heavy (non-hydrogen) atoms. The predicted octanol–water partition coefficient (Wildman–Crippen LogP) is -0.0367. The third kappa shape index (κ3) is 3.06. The maximum atomic E-state index is 11.1. The summed E-state index contributed by atoms with van der Waals surface area (Å²) in [6, 6.07) is -0.331. The van der Waals surface area contributed by atoms with Crippen LogP contribution >= 0.6 is 0 Å². The van der Waals surface area contributed by atoms with Crippen molar-refractivity contribution in [1.82, 2.24) is 14.9 Å². The Morgan fingerprint density at radius 3 is 2.73 bits per heavy atom. The van der Waals surface area contributed by atoms with E-state index in [1.807, 2.05) is 31.5 Å². The van der Waals surface area contributed by atoms with Crippen LogP contribution in [0.2, 0.25) is 0 Å². The third-order valence-corrected chi connectivity index (χ3v) is 2.27. The Bertz CT molecular complexity index is 345. The van der Waals surface area contributed by atoms with Gasteiger partial charge in [-0.05, 0) is 20.4 Å². The fraction of sp³-hybridized carbons (Fsp3) is 0.600. The molecule has 1 aromatic heterocycles. The lowest BCUT2D eigenvalue weighted by Crippen LogP contribution is -2.44. The number of nitrogens with one attached hydrogen (secondary N) is 1. The Morgan fingerprint density at radius 1 is 1.67 bits per heavy atom. The van der Waals surface area contributed by atoms with Crippen LogP contribution in [0, 0.1) is 13.8 Å². The Labute approximate surface area is 89.7 Å². The molecule has 84 valence electrons. The van der Waals surface area contributed by atoms with Gasteiger partial charge in [0.25, 0.3) is 0 Å². The van der Waals surface area contributed by atoms with Crippen LogP contribution in [0.1, 0.15) is 18.4 Å². The Kier molecular flexibility index (Phi) is 3.85. The number of likely N-dealkylation sites (N-methyl/N-ethyl adjacent to an activating group) is 1. The number of primary amides is 1. The number of nitrogens with zero attached hydrogens (tertiary/aromatic N) is 2. The van der Waals surface area contributed by atoms with E-state index in [1.165, 1.54) is 0 Å². The van der Waals surface area contributed by atoms with Gasteiger partial charge in [-0.15, -0.1) is 0 Å². The molecule has 0 saturated carbocycles. The largest absolute Gasteiger partial charge is 0.368 e. The molecule has 3 N–H and O–H groups in total. The second-order valence-electron chi connectivity index (χ2n) is 3.59. The molecule has 0 saturated heterocycles. The van der Waals surface area contributed by atoms with E-state index in [1.54, 1.807) is 0 Å². The van der Waals surface area contributed by atoms with E-state index in [2.05, 4.69) is 10.3 Å². The van der Waals surface area contributed by atoms with E-state index in [-0.39, 0.29) is 11.9 Å². The summed E-state index contributed by atoms with van der Waals surface area (Å²) in [6.45, 7) is 7.05. The number of carbonyl (C=O) groups excluding carboxylic acids is 1. The average molecular weight is 210 g/mol. The first-order chi connectivity index (χ1) is 7.04. The van der Waals surface area contributed by atoms with Crippen molar-refractivity contribution in [2.75, 3.05) is 6.54 Å². The molecule has 0 aromatic carbocycles. The zero-order valence-corrected chi connectivity index (χ0v) is 9.45. The maximum absolute atomic E-state index is 11.1. The van der Waals surface area contributed by atoms with Gasteiger partial charge in [0.05, 0.1) is 5.69 Å². The van der Waals surface area contributed by atoms with Crippen LogP contribution in [0.15, 0.2) is 6.20 Å². The third-order valence-electron chi connectivity index (χ3n) is 2.27. The second kappa shape index (κ2) is 4.93. The van der Waals surface area contributed by atoms with Crippen LogP contribution in [0.3, 0.4) is 0 Å². The first-order valence-electron chi connectivity index (χ1n) is 5.07. The van der Waals surface area contributed by atoms with Gasteiger partial charge in [0.15, 0.2) is 0 Å². The Morgan fingerprint density at radius 2 is 2.33 bits per heavy atom. The minimum Gasteiger partial charge on any atom is -0.368 e. The highest BCUT2D eigenvalue weighted by Crippen LogP contribution is 2.02. The molecule has 5 nitrogen and oxygen atoms in total. The van der Waals surface area contributed by atoms with Crippen molar-refractivity contribution in [3.05, 3.63) is 17.7 Å². The van der Waals surface area contributed by atoms with Crippen LogP contribution < -0.4 is 11.1 Å². The van der Waals surface area contributed by atoms with Crippen molar-refractivity contribution in [3.8, 4) is 0 Å². The Balaban J connectivity index is 2.73.